The topological polar surface area (TPSA) is 111 Å². The summed E-state index contributed by atoms with van der Waals surface area (Å²) in [4.78, 5) is 24.4. The molecule has 2 aliphatic heterocycles. The molecule has 2 heterocycles. The number of piperidine rings is 1. The molecule has 0 aliphatic carbocycles. The van der Waals surface area contributed by atoms with Gasteiger partial charge in [-0.3, -0.25) is 4.79 Å². The van der Waals surface area contributed by atoms with Crippen LogP contribution in [0.3, 0.4) is 0 Å². The van der Waals surface area contributed by atoms with E-state index < -0.39 is 34.8 Å². The Hall–Kier alpha value is -3.25. The number of carbonyl (C=O) groups excluding carboxylic acids is 2. The van der Waals surface area contributed by atoms with Gasteiger partial charge >= 0.3 is 12.3 Å². The normalized spacial score (nSPS) is 17.4. The number of halogens is 2. The summed E-state index contributed by atoms with van der Waals surface area (Å²) in [5.74, 6) is -2.04. The summed E-state index contributed by atoms with van der Waals surface area (Å²) in [6, 6.07) is 9.08. The number of nitrogens with zero attached hydrogens (tertiary/aromatic N) is 1. The average Bonchev–Trinajstić information content (AvgIpc) is 3.11. The van der Waals surface area contributed by atoms with Gasteiger partial charge in [0.15, 0.2) is 18.1 Å². The highest BCUT2D eigenvalue weighted by molar-refractivity contribution is 7.89. The maximum atomic E-state index is 13.1. The molecular formula is C21H20F2N2O7S. The zero-order chi connectivity index (χ0) is 23.6. The highest BCUT2D eigenvalue weighted by Gasteiger charge is 2.43. The molecule has 0 aromatic heterocycles. The smallest absolute Gasteiger partial charge is 0.452 e. The van der Waals surface area contributed by atoms with E-state index in [0.29, 0.717) is 13.1 Å². The van der Waals surface area contributed by atoms with Crippen LogP contribution >= 0.6 is 0 Å². The van der Waals surface area contributed by atoms with Crippen LogP contribution in [0.2, 0.25) is 0 Å². The summed E-state index contributed by atoms with van der Waals surface area (Å²) in [5, 5.41) is 2.39. The summed E-state index contributed by atoms with van der Waals surface area (Å²) in [5.41, 5.74) is 0.108. The molecule has 1 N–H and O–H groups in total. The van der Waals surface area contributed by atoms with E-state index in [1.807, 2.05) is 0 Å². The molecular weight excluding hydrogens is 462 g/mol. The van der Waals surface area contributed by atoms with E-state index >= 15 is 0 Å². The lowest BCUT2D eigenvalue weighted by Gasteiger charge is -2.25. The first-order valence-corrected chi connectivity index (χ1v) is 11.6. The van der Waals surface area contributed by atoms with Gasteiger partial charge in [0.2, 0.25) is 10.0 Å². The minimum Gasteiger partial charge on any atom is -0.452 e. The summed E-state index contributed by atoms with van der Waals surface area (Å²) in [6.07, 6.45) is -1.25. The fourth-order valence-corrected chi connectivity index (χ4v) is 5.04. The monoisotopic (exact) mass is 482 g/mol. The molecule has 2 aliphatic rings. The van der Waals surface area contributed by atoms with E-state index in [9.17, 15) is 26.8 Å². The number of alkyl halides is 2. The number of rotatable bonds is 6. The number of sulfonamides is 1. The van der Waals surface area contributed by atoms with Gasteiger partial charge in [-0.25, -0.2) is 13.2 Å². The molecule has 0 unspecified atom stereocenters. The van der Waals surface area contributed by atoms with Crippen molar-refractivity contribution >= 4 is 27.6 Å². The predicted molar refractivity (Wildman–Crippen MR) is 111 cm³/mol. The Kier molecular flexibility index (Phi) is 6.21. The number of anilines is 1. The largest absolute Gasteiger partial charge is 0.586 e. The second kappa shape index (κ2) is 8.94. The summed E-state index contributed by atoms with van der Waals surface area (Å²) in [7, 11) is -3.73. The van der Waals surface area contributed by atoms with E-state index in [4.69, 9.17) is 4.74 Å². The first-order valence-electron chi connectivity index (χ1n) is 10.1. The Balaban J connectivity index is 1.35. The van der Waals surface area contributed by atoms with Gasteiger partial charge in [-0.05, 0) is 43.2 Å². The lowest BCUT2D eigenvalue weighted by atomic mass is 10.2. The molecule has 33 heavy (non-hydrogen) atoms. The Morgan fingerprint density at radius 1 is 1.03 bits per heavy atom. The first kappa shape index (κ1) is 22.9. The number of esters is 1. The Morgan fingerprint density at radius 2 is 1.76 bits per heavy atom. The number of nitrogens with one attached hydrogen (secondary N) is 1. The Morgan fingerprint density at radius 3 is 2.52 bits per heavy atom. The maximum Gasteiger partial charge on any atom is 0.586 e. The van der Waals surface area contributed by atoms with Gasteiger partial charge < -0.3 is 19.5 Å². The van der Waals surface area contributed by atoms with E-state index in [1.165, 1.54) is 40.7 Å². The second-order valence-corrected chi connectivity index (χ2v) is 9.38. The van der Waals surface area contributed by atoms with Gasteiger partial charge in [0.1, 0.15) is 0 Å². The predicted octanol–water partition coefficient (Wildman–Crippen LogP) is 2.98. The zero-order valence-corrected chi connectivity index (χ0v) is 18.1. The molecule has 1 saturated heterocycles. The fourth-order valence-electron chi connectivity index (χ4n) is 3.48. The van der Waals surface area contributed by atoms with E-state index in [0.717, 1.165) is 25.3 Å². The molecule has 176 valence electrons. The van der Waals surface area contributed by atoms with Gasteiger partial charge in [0.05, 0.1) is 10.5 Å². The van der Waals surface area contributed by atoms with Crippen molar-refractivity contribution in [2.24, 2.45) is 0 Å². The summed E-state index contributed by atoms with van der Waals surface area (Å²) < 4.78 is 66.7. The third-order valence-electron chi connectivity index (χ3n) is 5.04. The molecule has 4 rings (SSSR count). The van der Waals surface area contributed by atoms with Crippen molar-refractivity contribution < 1.29 is 41.0 Å². The lowest BCUT2D eigenvalue weighted by Crippen LogP contribution is -2.35. The summed E-state index contributed by atoms with van der Waals surface area (Å²) in [6.45, 7) is 0.176. The minimum absolute atomic E-state index is 0.0220. The Labute approximate surface area is 188 Å². The van der Waals surface area contributed by atoms with Crippen molar-refractivity contribution in [2.45, 2.75) is 30.5 Å². The van der Waals surface area contributed by atoms with Crippen LogP contribution in [0.25, 0.3) is 0 Å². The minimum atomic E-state index is -3.78. The molecule has 0 bridgehead atoms. The average molecular weight is 482 g/mol. The van der Waals surface area contributed by atoms with Crippen molar-refractivity contribution in [1.29, 1.82) is 0 Å². The third-order valence-corrected chi connectivity index (χ3v) is 6.94. The quantitative estimate of drug-likeness (QED) is 0.630. The van der Waals surface area contributed by atoms with Crippen LogP contribution < -0.4 is 14.8 Å². The molecule has 0 spiro atoms. The standard InChI is InChI=1S/C21H20F2N2O7S/c22-21(23)31-17-8-7-15(12-18(17)32-21)24-19(26)13-30-20(27)14-5-4-6-16(11-14)33(28,29)25-9-2-1-3-10-25/h4-8,11-12H,1-3,9-10,13H2,(H,24,26). The van der Waals surface area contributed by atoms with E-state index in [-0.39, 0.29) is 27.6 Å². The molecule has 0 radical (unpaired) electrons. The molecule has 1 amide bonds. The van der Waals surface area contributed by atoms with E-state index in [2.05, 4.69) is 14.8 Å². The molecule has 0 atom stereocenters. The molecule has 9 nitrogen and oxygen atoms in total. The molecule has 2 aromatic rings. The number of carbonyl (C=O) groups is 2. The molecule has 1 fully saturated rings. The maximum absolute atomic E-state index is 13.1. The van der Waals surface area contributed by atoms with Crippen LogP contribution in [0.4, 0.5) is 14.5 Å². The fraction of sp³-hybridized carbons (Fsp3) is 0.333. The van der Waals surface area contributed by atoms with Crippen LogP contribution in [-0.2, 0) is 19.6 Å². The van der Waals surface area contributed by atoms with Crippen LogP contribution in [0, 0.1) is 0 Å². The third kappa shape index (κ3) is 5.22. The SMILES string of the molecule is O=C(COC(=O)c1cccc(S(=O)(=O)N2CCCCC2)c1)Nc1ccc2c(c1)OC(F)(F)O2. The lowest BCUT2D eigenvalue weighted by molar-refractivity contribution is -0.286. The highest BCUT2D eigenvalue weighted by Crippen LogP contribution is 2.42. The van der Waals surface area contributed by atoms with Crippen molar-refractivity contribution in [3.8, 4) is 11.5 Å². The van der Waals surface area contributed by atoms with Crippen molar-refractivity contribution in [3.63, 3.8) is 0 Å². The molecule has 0 saturated carbocycles. The number of ether oxygens (including phenoxy) is 3. The molecule has 2 aromatic carbocycles. The second-order valence-electron chi connectivity index (χ2n) is 7.45. The molecule has 12 heteroatoms. The van der Waals surface area contributed by atoms with Crippen molar-refractivity contribution in [3.05, 3.63) is 48.0 Å². The van der Waals surface area contributed by atoms with Crippen LogP contribution in [0.15, 0.2) is 47.4 Å². The van der Waals surface area contributed by atoms with Crippen LogP contribution in [-0.4, -0.2) is 50.6 Å². The Bertz CT molecular complexity index is 1180. The first-order chi connectivity index (χ1) is 15.6. The number of benzene rings is 2. The van der Waals surface area contributed by atoms with Crippen LogP contribution in [0.5, 0.6) is 11.5 Å². The van der Waals surface area contributed by atoms with Crippen molar-refractivity contribution in [2.75, 3.05) is 25.0 Å². The highest BCUT2D eigenvalue weighted by atomic mass is 32.2. The van der Waals surface area contributed by atoms with Gasteiger partial charge in [-0.2, -0.15) is 4.31 Å². The number of fused-ring (bicyclic) bond motifs is 1. The van der Waals surface area contributed by atoms with Gasteiger partial charge in [-0.15, -0.1) is 8.78 Å². The number of amides is 1. The number of hydrogen-bond donors (Lipinski definition) is 1. The zero-order valence-electron chi connectivity index (χ0n) is 17.3. The van der Waals surface area contributed by atoms with Crippen LogP contribution in [0.1, 0.15) is 29.6 Å². The van der Waals surface area contributed by atoms with Gasteiger partial charge in [-0.1, -0.05) is 12.5 Å². The van der Waals surface area contributed by atoms with Crippen molar-refractivity contribution in [1.82, 2.24) is 4.31 Å². The van der Waals surface area contributed by atoms with Gasteiger partial charge in [0.25, 0.3) is 5.91 Å². The van der Waals surface area contributed by atoms with E-state index in [1.54, 1.807) is 0 Å². The van der Waals surface area contributed by atoms with Gasteiger partial charge in [0, 0.05) is 24.8 Å². The number of hydrogen-bond acceptors (Lipinski definition) is 7. The summed E-state index contributed by atoms with van der Waals surface area (Å²) >= 11 is 0.